The van der Waals surface area contributed by atoms with Crippen LogP contribution in [0.1, 0.15) is 37.7 Å². The number of aliphatic imine (C=N–C) groups is 1. The highest BCUT2D eigenvalue weighted by molar-refractivity contribution is 8.18. The average Bonchev–Trinajstić information content (AvgIpc) is 3.37. The van der Waals surface area contributed by atoms with E-state index in [1.54, 1.807) is 20.4 Å². The lowest BCUT2D eigenvalue weighted by Gasteiger charge is -2.30. The summed E-state index contributed by atoms with van der Waals surface area (Å²) >= 11 is 2.89. The van der Waals surface area contributed by atoms with Gasteiger partial charge in [0.15, 0.2) is 16.7 Å². The second-order valence-corrected chi connectivity index (χ2v) is 8.78. The molecule has 0 radical (unpaired) electrons. The van der Waals surface area contributed by atoms with Gasteiger partial charge in [-0.1, -0.05) is 25.3 Å². The van der Waals surface area contributed by atoms with Crippen molar-refractivity contribution >= 4 is 45.4 Å². The second-order valence-electron chi connectivity index (χ2n) is 6.90. The molecule has 0 N–H and O–H groups in total. The molecule has 0 bridgehead atoms. The van der Waals surface area contributed by atoms with Gasteiger partial charge in [-0.15, -0.1) is 11.3 Å². The van der Waals surface area contributed by atoms with E-state index in [2.05, 4.69) is 9.98 Å². The number of hydrogen-bond donors (Lipinski definition) is 0. The molecule has 1 aliphatic heterocycles. The summed E-state index contributed by atoms with van der Waals surface area (Å²) in [6.45, 7) is 0. The fourth-order valence-electron chi connectivity index (χ4n) is 3.67. The van der Waals surface area contributed by atoms with Crippen LogP contribution in [-0.4, -0.2) is 41.2 Å². The number of nitrogens with zero attached hydrogens (tertiary/aromatic N) is 3. The van der Waals surface area contributed by atoms with Gasteiger partial charge >= 0.3 is 0 Å². The summed E-state index contributed by atoms with van der Waals surface area (Å²) in [5, 5.41) is 3.30. The summed E-state index contributed by atoms with van der Waals surface area (Å²) in [7, 11) is 3.21. The first-order chi connectivity index (χ1) is 14.2. The third-order valence-corrected chi connectivity index (χ3v) is 6.74. The third-order valence-electron chi connectivity index (χ3n) is 5.09. The Bertz CT molecular complexity index is 935. The number of thioether (sulfide) groups is 1. The maximum absolute atomic E-state index is 13.3. The van der Waals surface area contributed by atoms with E-state index >= 15 is 0 Å². The maximum Gasteiger partial charge on any atom is 0.267 e. The summed E-state index contributed by atoms with van der Waals surface area (Å²) in [5.74, 6) is 1.32. The Labute approximate surface area is 178 Å². The van der Waals surface area contributed by atoms with Gasteiger partial charge in [0.1, 0.15) is 0 Å². The van der Waals surface area contributed by atoms with Gasteiger partial charge in [-0.2, -0.15) is 4.99 Å². The molecule has 1 aromatic carbocycles. The third kappa shape index (κ3) is 4.33. The summed E-state index contributed by atoms with van der Waals surface area (Å²) in [4.78, 5) is 24.8. The van der Waals surface area contributed by atoms with Crippen molar-refractivity contribution in [3.63, 3.8) is 0 Å². The van der Waals surface area contributed by atoms with Crippen LogP contribution in [0.3, 0.4) is 0 Å². The molecule has 6 nitrogen and oxygen atoms in total. The van der Waals surface area contributed by atoms with Gasteiger partial charge in [0.05, 0.1) is 19.1 Å². The number of hydrogen-bond acceptors (Lipinski definition) is 7. The minimum Gasteiger partial charge on any atom is -0.493 e. The van der Waals surface area contributed by atoms with E-state index in [0.29, 0.717) is 21.5 Å². The van der Waals surface area contributed by atoms with Crippen LogP contribution in [0.15, 0.2) is 39.7 Å². The van der Waals surface area contributed by atoms with Crippen molar-refractivity contribution in [1.29, 1.82) is 0 Å². The molecule has 29 heavy (non-hydrogen) atoms. The van der Waals surface area contributed by atoms with Crippen LogP contribution in [-0.2, 0) is 4.79 Å². The Kier molecular flexibility index (Phi) is 6.20. The number of amidine groups is 1. The molecule has 2 fully saturated rings. The number of methoxy groups -OCH3 is 2. The number of amides is 1. The van der Waals surface area contributed by atoms with Crippen molar-refractivity contribution in [2.24, 2.45) is 4.99 Å². The number of ether oxygens (including phenoxy) is 2. The predicted octanol–water partition coefficient (Wildman–Crippen LogP) is 5.10. The number of carbonyl (C=O) groups is 1. The minimum atomic E-state index is 0.0204. The molecule has 4 rings (SSSR count). The van der Waals surface area contributed by atoms with Crippen molar-refractivity contribution in [3.8, 4) is 11.5 Å². The average molecular weight is 430 g/mol. The van der Waals surface area contributed by atoms with E-state index in [4.69, 9.17) is 9.47 Å². The first-order valence-corrected chi connectivity index (χ1v) is 11.3. The zero-order valence-electron chi connectivity index (χ0n) is 16.5. The number of thiazole rings is 1. The molecule has 1 saturated heterocycles. The van der Waals surface area contributed by atoms with Crippen LogP contribution in [0, 0.1) is 0 Å². The van der Waals surface area contributed by atoms with E-state index in [1.165, 1.54) is 29.5 Å². The highest BCUT2D eigenvalue weighted by Gasteiger charge is 2.38. The van der Waals surface area contributed by atoms with Crippen molar-refractivity contribution in [3.05, 3.63) is 40.2 Å². The van der Waals surface area contributed by atoms with Crippen molar-refractivity contribution in [1.82, 2.24) is 9.88 Å². The van der Waals surface area contributed by atoms with Gasteiger partial charge in [0.2, 0.25) is 5.13 Å². The lowest BCUT2D eigenvalue weighted by Crippen LogP contribution is -2.40. The fourth-order valence-corrected chi connectivity index (χ4v) is 5.27. The van der Waals surface area contributed by atoms with Gasteiger partial charge in [0.25, 0.3) is 5.91 Å². The van der Waals surface area contributed by atoms with E-state index in [9.17, 15) is 4.79 Å². The second kappa shape index (κ2) is 9.00. The highest BCUT2D eigenvalue weighted by Crippen LogP contribution is 2.39. The first kappa shape index (κ1) is 20.0. The topological polar surface area (TPSA) is 64.0 Å². The standard InChI is InChI=1S/C21H23N3O3S2/c1-26-16-9-8-14(12-17(16)27-2)13-18-19(25)24(15-6-4-3-5-7-15)21(29-18)23-20-22-10-11-28-20/h8-13,15H,3-7H2,1-2H3/b18-13-,23-21+. The molecule has 0 unspecified atom stereocenters. The molecule has 1 aromatic heterocycles. The van der Waals surface area contributed by atoms with Gasteiger partial charge in [-0.25, -0.2) is 4.98 Å². The maximum atomic E-state index is 13.3. The molecule has 2 aliphatic rings. The minimum absolute atomic E-state index is 0.0204. The molecule has 0 spiro atoms. The molecule has 2 heterocycles. The van der Waals surface area contributed by atoms with Crippen molar-refractivity contribution < 1.29 is 14.3 Å². The Morgan fingerprint density at radius 3 is 2.66 bits per heavy atom. The summed E-state index contributed by atoms with van der Waals surface area (Å²) in [6.07, 6.45) is 9.21. The first-order valence-electron chi connectivity index (χ1n) is 9.63. The quantitative estimate of drug-likeness (QED) is 0.619. The lowest BCUT2D eigenvalue weighted by molar-refractivity contribution is -0.124. The summed E-state index contributed by atoms with van der Waals surface area (Å²) < 4.78 is 10.7. The van der Waals surface area contributed by atoms with E-state index in [0.717, 1.165) is 36.4 Å². The number of benzene rings is 1. The molecular formula is C21H23N3O3S2. The predicted molar refractivity (Wildman–Crippen MR) is 118 cm³/mol. The summed E-state index contributed by atoms with van der Waals surface area (Å²) in [6, 6.07) is 5.85. The number of rotatable bonds is 5. The fraction of sp³-hybridized carbons (Fsp3) is 0.381. The zero-order chi connectivity index (χ0) is 20.2. The largest absolute Gasteiger partial charge is 0.493 e. The Morgan fingerprint density at radius 2 is 1.97 bits per heavy atom. The van der Waals surface area contributed by atoms with E-state index in [1.807, 2.05) is 34.6 Å². The van der Waals surface area contributed by atoms with Gasteiger partial charge in [-0.05, 0) is 48.4 Å². The molecule has 0 atom stereocenters. The monoisotopic (exact) mass is 429 g/mol. The molecule has 1 saturated carbocycles. The Balaban J connectivity index is 1.68. The molecule has 1 aliphatic carbocycles. The van der Waals surface area contributed by atoms with Crippen LogP contribution in [0.2, 0.25) is 0 Å². The van der Waals surface area contributed by atoms with Crippen molar-refractivity contribution in [2.75, 3.05) is 14.2 Å². The Hall–Kier alpha value is -2.32. The summed E-state index contributed by atoms with van der Waals surface area (Å²) in [5.41, 5.74) is 0.887. The van der Waals surface area contributed by atoms with Crippen molar-refractivity contribution in [2.45, 2.75) is 38.1 Å². The molecule has 8 heteroatoms. The van der Waals surface area contributed by atoms with Crippen LogP contribution in [0.5, 0.6) is 11.5 Å². The normalized spacial score (nSPS) is 20.6. The van der Waals surface area contributed by atoms with Gasteiger partial charge in [-0.3, -0.25) is 9.69 Å². The molecule has 152 valence electrons. The lowest BCUT2D eigenvalue weighted by atomic mass is 9.94. The molecule has 1 amide bonds. The van der Waals surface area contributed by atoms with Crippen LogP contribution < -0.4 is 9.47 Å². The highest BCUT2D eigenvalue weighted by atomic mass is 32.2. The van der Waals surface area contributed by atoms with E-state index < -0.39 is 0 Å². The van der Waals surface area contributed by atoms with Gasteiger partial charge in [0, 0.05) is 17.6 Å². The number of aromatic nitrogens is 1. The van der Waals surface area contributed by atoms with Crippen LogP contribution in [0.4, 0.5) is 5.13 Å². The van der Waals surface area contributed by atoms with Crippen LogP contribution >= 0.6 is 23.1 Å². The molecular weight excluding hydrogens is 406 g/mol. The SMILES string of the molecule is COc1ccc(/C=C2\S/C(=N/c3nccs3)N(C3CCCCC3)C2=O)cc1OC. The smallest absolute Gasteiger partial charge is 0.267 e. The zero-order valence-corrected chi connectivity index (χ0v) is 18.1. The van der Waals surface area contributed by atoms with Crippen LogP contribution in [0.25, 0.3) is 6.08 Å². The van der Waals surface area contributed by atoms with Gasteiger partial charge < -0.3 is 9.47 Å². The van der Waals surface area contributed by atoms with E-state index in [-0.39, 0.29) is 11.9 Å². The Morgan fingerprint density at radius 1 is 1.17 bits per heavy atom. The molecule has 2 aromatic rings. The number of carbonyl (C=O) groups excluding carboxylic acids is 1.